The van der Waals surface area contributed by atoms with Crippen LogP contribution in [0.1, 0.15) is 23.2 Å². The minimum Gasteiger partial charge on any atom is -0.493 e. The quantitative estimate of drug-likeness (QED) is 0.595. The molecule has 0 radical (unpaired) electrons. The van der Waals surface area contributed by atoms with Gasteiger partial charge in [-0.2, -0.15) is 0 Å². The first-order chi connectivity index (χ1) is 16.3. The van der Waals surface area contributed by atoms with Crippen LogP contribution in [-0.2, 0) is 19.4 Å². The van der Waals surface area contributed by atoms with Gasteiger partial charge in [0.25, 0.3) is 0 Å². The van der Waals surface area contributed by atoms with Crippen molar-refractivity contribution in [2.75, 3.05) is 45.0 Å². The predicted octanol–water partition coefficient (Wildman–Crippen LogP) is 3.69. The molecule has 1 fully saturated rings. The SMILES string of the molecule is COc1cc(CN2CCN(c3nc(-c4ccccc4)nc4c3CCC4)CC2)cc2c1OCO2. The number of piperazine rings is 1. The Morgan fingerprint density at radius 1 is 0.970 bits per heavy atom. The van der Waals surface area contributed by atoms with Gasteiger partial charge in [0.05, 0.1) is 7.11 Å². The molecule has 1 aliphatic carbocycles. The third-order valence-corrected chi connectivity index (χ3v) is 6.74. The molecule has 3 aromatic rings. The van der Waals surface area contributed by atoms with Crippen molar-refractivity contribution in [1.82, 2.24) is 14.9 Å². The Balaban J connectivity index is 1.19. The summed E-state index contributed by atoms with van der Waals surface area (Å²) in [5.41, 5.74) is 4.85. The molecular formula is C26H28N4O3. The summed E-state index contributed by atoms with van der Waals surface area (Å²) in [5, 5.41) is 0. The van der Waals surface area contributed by atoms with Gasteiger partial charge in [0.1, 0.15) is 5.82 Å². The van der Waals surface area contributed by atoms with Crippen molar-refractivity contribution in [3.63, 3.8) is 0 Å². The van der Waals surface area contributed by atoms with Crippen LogP contribution in [0.5, 0.6) is 17.2 Å². The summed E-state index contributed by atoms with van der Waals surface area (Å²) >= 11 is 0. The highest BCUT2D eigenvalue weighted by atomic mass is 16.7. The number of methoxy groups -OCH3 is 1. The molecule has 7 nitrogen and oxygen atoms in total. The smallest absolute Gasteiger partial charge is 0.231 e. The molecule has 0 saturated carbocycles. The molecule has 1 aromatic heterocycles. The van der Waals surface area contributed by atoms with E-state index in [-0.39, 0.29) is 6.79 Å². The molecule has 2 aliphatic heterocycles. The highest BCUT2D eigenvalue weighted by molar-refractivity contribution is 5.61. The number of anilines is 1. The van der Waals surface area contributed by atoms with E-state index >= 15 is 0 Å². The minimum atomic E-state index is 0.252. The number of hydrogen-bond acceptors (Lipinski definition) is 7. The standard InChI is InChI=1S/C26H28N4O3/c1-31-22-14-18(15-23-24(22)33-17-32-23)16-29-10-12-30(13-11-29)26-20-8-5-9-21(20)27-25(28-26)19-6-3-2-4-7-19/h2-4,6-7,14-15H,5,8-13,16-17H2,1H3. The van der Waals surface area contributed by atoms with E-state index < -0.39 is 0 Å². The lowest BCUT2D eigenvalue weighted by molar-refractivity contribution is 0.171. The van der Waals surface area contributed by atoms with E-state index in [2.05, 4.69) is 46.2 Å². The van der Waals surface area contributed by atoms with Crippen molar-refractivity contribution in [3.05, 3.63) is 59.3 Å². The van der Waals surface area contributed by atoms with Crippen molar-refractivity contribution in [1.29, 1.82) is 0 Å². The molecule has 7 heteroatoms. The zero-order valence-electron chi connectivity index (χ0n) is 18.9. The van der Waals surface area contributed by atoms with Gasteiger partial charge in [-0.05, 0) is 37.0 Å². The van der Waals surface area contributed by atoms with E-state index in [0.717, 1.165) is 74.3 Å². The molecule has 0 atom stereocenters. The van der Waals surface area contributed by atoms with Crippen LogP contribution in [0.3, 0.4) is 0 Å². The van der Waals surface area contributed by atoms with E-state index in [1.165, 1.54) is 23.2 Å². The van der Waals surface area contributed by atoms with Gasteiger partial charge in [-0.3, -0.25) is 4.90 Å². The Labute approximate surface area is 193 Å². The number of rotatable bonds is 5. The second-order valence-electron chi connectivity index (χ2n) is 8.81. The number of hydrogen-bond donors (Lipinski definition) is 0. The first-order valence-corrected chi connectivity index (χ1v) is 11.7. The first kappa shape index (κ1) is 20.3. The number of aryl methyl sites for hydroxylation is 1. The molecule has 3 aliphatic rings. The first-order valence-electron chi connectivity index (χ1n) is 11.7. The summed E-state index contributed by atoms with van der Waals surface area (Å²) < 4.78 is 16.6. The molecular weight excluding hydrogens is 416 g/mol. The lowest BCUT2D eigenvalue weighted by Gasteiger charge is -2.36. The minimum absolute atomic E-state index is 0.252. The molecule has 1 saturated heterocycles. The van der Waals surface area contributed by atoms with Crippen molar-refractivity contribution in [3.8, 4) is 28.6 Å². The zero-order chi connectivity index (χ0) is 22.2. The third kappa shape index (κ3) is 3.86. The second-order valence-corrected chi connectivity index (χ2v) is 8.81. The Morgan fingerprint density at radius 2 is 1.82 bits per heavy atom. The van der Waals surface area contributed by atoms with Crippen molar-refractivity contribution >= 4 is 5.82 Å². The monoisotopic (exact) mass is 444 g/mol. The van der Waals surface area contributed by atoms with E-state index in [0.29, 0.717) is 5.75 Å². The summed E-state index contributed by atoms with van der Waals surface area (Å²) in [7, 11) is 1.67. The molecule has 0 unspecified atom stereocenters. The maximum Gasteiger partial charge on any atom is 0.231 e. The van der Waals surface area contributed by atoms with Crippen molar-refractivity contribution < 1.29 is 14.2 Å². The predicted molar refractivity (Wildman–Crippen MR) is 126 cm³/mol. The van der Waals surface area contributed by atoms with E-state index in [4.69, 9.17) is 24.2 Å². The van der Waals surface area contributed by atoms with Gasteiger partial charge in [0, 0.05) is 49.5 Å². The number of nitrogens with zero attached hydrogens (tertiary/aromatic N) is 4. The average Bonchev–Trinajstić information content (AvgIpc) is 3.53. The fourth-order valence-electron chi connectivity index (χ4n) is 5.04. The molecule has 0 amide bonds. The van der Waals surface area contributed by atoms with Crippen LogP contribution in [0.2, 0.25) is 0 Å². The number of aromatic nitrogens is 2. The Morgan fingerprint density at radius 3 is 2.64 bits per heavy atom. The lowest BCUT2D eigenvalue weighted by atomic mass is 10.1. The van der Waals surface area contributed by atoms with Crippen LogP contribution in [0, 0.1) is 0 Å². The number of ether oxygens (including phenoxy) is 3. The van der Waals surface area contributed by atoms with Gasteiger partial charge >= 0.3 is 0 Å². The van der Waals surface area contributed by atoms with Gasteiger partial charge in [0.15, 0.2) is 17.3 Å². The summed E-state index contributed by atoms with van der Waals surface area (Å²) in [4.78, 5) is 14.9. The topological polar surface area (TPSA) is 60.0 Å². The second kappa shape index (κ2) is 8.56. The number of fused-ring (bicyclic) bond motifs is 2. The maximum atomic E-state index is 5.59. The largest absolute Gasteiger partial charge is 0.493 e. The van der Waals surface area contributed by atoms with Crippen LogP contribution in [-0.4, -0.2) is 54.9 Å². The molecule has 2 aromatic carbocycles. The molecule has 0 N–H and O–H groups in total. The van der Waals surface area contributed by atoms with Gasteiger partial charge in [0.2, 0.25) is 12.5 Å². The summed E-state index contributed by atoms with van der Waals surface area (Å²) in [6.07, 6.45) is 3.30. The van der Waals surface area contributed by atoms with Crippen LogP contribution in [0.25, 0.3) is 11.4 Å². The lowest BCUT2D eigenvalue weighted by Crippen LogP contribution is -2.46. The molecule has 6 rings (SSSR count). The fraction of sp³-hybridized carbons (Fsp3) is 0.385. The molecule has 0 bridgehead atoms. The average molecular weight is 445 g/mol. The van der Waals surface area contributed by atoms with Gasteiger partial charge in [-0.15, -0.1) is 0 Å². The van der Waals surface area contributed by atoms with Gasteiger partial charge in [-0.25, -0.2) is 9.97 Å². The van der Waals surface area contributed by atoms with Crippen molar-refractivity contribution in [2.45, 2.75) is 25.8 Å². The summed E-state index contributed by atoms with van der Waals surface area (Å²) in [6, 6.07) is 14.5. The molecule has 3 heterocycles. The van der Waals surface area contributed by atoms with Crippen LogP contribution in [0.4, 0.5) is 5.82 Å². The Bertz CT molecular complexity index is 1160. The molecule has 0 spiro atoms. The third-order valence-electron chi connectivity index (χ3n) is 6.74. The maximum absolute atomic E-state index is 5.59. The van der Waals surface area contributed by atoms with E-state index in [1.807, 2.05) is 6.07 Å². The highest BCUT2D eigenvalue weighted by Crippen LogP contribution is 2.42. The van der Waals surface area contributed by atoms with E-state index in [9.17, 15) is 0 Å². The van der Waals surface area contributed by atoms with Crippen LogP contribution < -0.4 is 19.1 Å². The fourth-order valence-corrected chi connectivity index (χ4v) is 5.04. The van der Waals surface area contributed by atoms with Crippen LogP contribution in [0.15, 0.2) is 42.5 Å². The van der Waals surface area contributed by atoms with Gasteiger partial charge in [-0.1, -0.05) is 30.3 Å². The Hall–Kier alpha value is -3.32. The van der Waals surface area contributed by atoms with Crippen LogP contribution >= 0.6 is 0 Å². The normalized spacial score (nSPS) is 17.3. The van der Waals surface area contributed by atoms with E-state index in [1.54, 1.807) is 7.11 Å². The zero-order valence-corrected chi connectivity index (χ0v) is 18.9. The summed E-state index contributed by atoms with van der Waals surface area (Å²) in [6.45, 7) is 4.99. The Kier molecular flexibility index (Phi) is 5.26. The molecule has 170 valence electrons. The summed E-state index contributed by atoms with van der Waals surface area (Å²) in [5.74, 6) is 4.20. The van der Waals surface area contributed by atoms with Gasteiger partial charge < -0.3 is 19.1 Å². The number of benzene rings is 2. The van der Waals surface area contributed by atoms with Crippen molar-refractivity contribution in [2.24, 2.45) is 0 Å². The highest BCUT2D eigenvalue weighted by Gasteiger charge is 2.27. The molecule has 33 heavy (non-hydrogen) atoms.